The van der Waals surface area contributed by atoms with E-state index in [0.717, 1.165) is 18.4 Å². The van der Waals surface area contributed by atoms with E-state index in [4.69, 9.17) is 0 Å². The van der Waals surface area contributed by atoms with Gasteiger partial charge in [0.2, 0.25) is 0 Å². The molecule has 0 aliphatic heterocycles. The molecule has 2 aromatic rings. The Labute approximate surface area is 101 Å². The lowest BCUT2D eigenvalue weighted by Gasteiger charge is -2.05. The first-order valence-corrected chi connectivity index (χ1v) is 6.15. The second-order valence-electron chi connectivity index (χ2n) is 4.13. The molecule has 0 fully saturated rings. The first kappa shape index (κ1) is 11.7. The zero-order chi connectivity index (χ0) is 12.3. The number of carbonyl (C=O) groups excluding carboxylic acids is 1. The molecular formula is C14H18N2O. The number of benzene rings is 1. The van der Waals surface area contributed by atoms with E-state index in [1.54, 1.807) is 4.57 Å². The van der Waals surface area contributed by atoms with Crippen molar-refractivity contribution in [2.45, 2.75) is 26.7 Å². The number of nitrogens with zero attached hydrogens (tertiary/aromatic N) is 1. The normalized spacial score (nSPS) is 10.7. The van der Waals surface area contributed by atoms with Gasteiger partial charge in [0.05, 0.1) is 5.52 Å². The number of amides is 1. The fourth-order valence-electron chi connectivity index (χ4n) is 2.02. The van der Waals surface area contributed by atoms with Crippen LogP contribution in [0.5, 0.6) is 0 Å². The van der Waals surface area contributed by atoms with Crippen molar-refractivity contribution in [3.05, 3.63) is 36.0 Å². The first-order chi connectivity index (χ1) is 8.27. The van der Waals surface area contributed by atoms with Crippen LogP contribution in [0.15, 0.2) is 30.5 Å². The molecule has 0 saturated carbocycles. The molecule has 0 atom stereocenters. The van der Waals surface area contributed by atoms with Crippen LogP contribution in [0, 0.1) is 0 Å². The van der Waals surface area contributed by atoms with E-state index in [9.17, 15) is 4.79 Å². The van der Waals surface area contributed by atoms with Crippen LogP contribution in [0.4, 0.5) is 4.79 Å². The van der Waals surface area contributed by atoms with E-state index in [2.05, 4.69) is 18.3 Å². The quantitative estimate of drug-likeness (QED) is 0.863. The minimum atomic E-state index is -0.0391. The maximum Gasteiger partial charge on any atom is 0.326 e. The van der Waals surface area contributed by atoms with E-state index >= 15 is 0 Å². The molecule has 90 valence electrons. The first-order valence-electron chi connectivity index (χ1n) is 6.15. The van der Waals surface area contributed by atoms with Gasteiger partial charge in [-0.15, -0.1) is 0 Å². The van der Waals surface area contributed by atoms with Gasteiger partial charge in [0.25, 0.3) is 0 Å². The Kier molecular flexibility index (Phi) is 3.47. The van der Waals surface area contributed by atoms with Crippen LogP contribution in [0.2, 0.25) is 0 Å². The maximum absolute atomic E-state index is 12.0. The van der Waals surface area contributed by atoms with Gasteiger partial charge in [0.1, 0.15) is 0 Å². The zero-order valence-electron chi connectivity index (χ0n) is 10.4. The molecule has 0 aliphatic rings. The van der Waals surface area contributed by atoms with Crippen LogP contribution >= 0.6 is 0 Å². The summed E-state index contributed by atoms with van der Waals surface area (Å²) in [5, 5.41) is 4.07. The average Bonchev–Trinajstić information content (AvgIpc) is 2.75. The number of nitrogens with one attached hydrogen (secondary N) is 1. The lowest BCUT2D eigenvalue weighted by molar-refractivity contribution is 0.243. The van der Waals surface area contributed by atoms with Crippen molar-refractivity contribution in [2.75, 3.05) is 6.54 Å². The standard InChI is InChI=1S/C14H18N2O/c1-3-9-15-14(17)16-10-11(4-2)12-7-5-6-8-13(12)16/h5-8,10H,3-4,9H2,1-2H3,(H,15,17). The number of aryl methyl sites for hydroxylation is 1. The summed E-state index contributed by atoms with van der Waals surface area (Å²) in [4.78, 5) is 12.0. The van der Waals surface area contributed by atoms with Crippen molar-refractivity contribution in [3.8, 4) is 0 Å². The third-order valence-electron chi connectivity index (χ3n) is 2.92. The number of para-hydroxylation sites is 1. The van der Waals surface area contributed by atoms with Gasteiger partial charge in [0, 0.05) is 18.1 Å². The third kappa shape index (κ3) is 2.18. The number of hydrogen-bond acceptors (Lipinski definition) is 1. The van der Waals surface area contributed by atoms with Crippen molar-refractivity contribution >= 4 is 16.9 Å². The van der Waals surface area contributed by atoms with E-state index in [1.807, 2.05) is 31.3 Å². The van der Waals surface area contributed by atoms with E-state index in [-0.39, 0.29) is 6.03 Å². The second kappa shape index (κ2) is 5.04. The summed E-state index contributed by atoms with van der Waals surface area (Å²) < 4.78 is 1.71. The van der Waals surface area contributed by atoms with E-state index in [0.29, 0.717) is 6.54 Å². The molecule has 2 rings (SSSR count). The van der Waals surface area contributed by atoms with Crippen molar-refractivity contribution < 1.29 is 4.79 Å². The molecule has 1 heterocycles. The van der Waals surface area contributed by atoms with Crippen LogP contribution < -0.4 is 5.32 Å². The average molecular weight is 230 g/mol. The van der Waals surface area contributed by atoms with Crippen LogP contribution in [-0.4, -0.2) is 17.1 Å². The van der Waals surface area contributed by atoms with Crippen molar-refractivity contribution in [3.63, 3.8) is 0 Å². The molecule has 0 saturated heterocycles. The summed E-state index contributed by atoms with van der Waals surface area (Å²) in [5.41, 5.74) is 2.20. The molecule has 1 aromatic carbocycles. The minimum absolute atomic E-state index is 0.0391. The molecule has 1 amide bonds. The summed E-state index contributed by atoms with van der Waals surface area (Å²) >= 11 is 0. The number of rotatable bonds is 3. The summed E-state index contributed by atoms with van der Waals surface area (Å²) in [6.45, 7) is 4.87. The minimum Gasteiger partial charge on any atom is -0.337 e. The van der Waals surface area contributed by atoms with Gasteiger partial charge in [-0.05, 0) is 24.5 Å². The second-order valence-corrected chi connectivity index (χ2v) is 4.13. The van der Waals surface area contributed by atoms with Crippen molar-refractivity contribution in [1.29, 1.82) is 0 Å². The number of carbonyl (C=O) groups is 1. The molecule has 1 N–H and O–H groups in total. The topological polar surface area (TPSA) is 34.0 Å². The molecule has 1 aromatic heterocycles. The summed E-state index contributed by atoms with van der Waals surface area (Å²) in [6, 6.07) is 7.99. The van der Waals surface area contributed by atoms with Gasteiger partial charge in [-0.2, -0.15) is 0 Å². The molecule has 0 spiro atoms. The lowest BCUT2D eigenvalue weighted by Crippen LogP contribution is -2.28. The number of hydrogen-bond donors (Lipinski definition) is 1. The monoisotopic (exact) mass is 230 g/mol. The fourth-order valence-corrected chi connectivity index (χ4v) is 2.02. The predicted molar refractivity (Wildman–Crippen MR) is 70.4 cm³/mol. The predicted octanol–water partition coefficient (Wildman–Crippen LogP) is 3.17. The van der Waals surface area contributed by atoms with Gasteiger partial charge in [-0.1, -0.05) is 32.0 Å². The molecule has 0 radical (unpaired) electrons. The molecule has 0 bridgehead atoms. The molecule has 3 heteroatoms. The Morgan fingerprint density at radius 3 is 2.76 bits per heavy atom. The summed E-state index contributed by atoms with van der Waals surface area (Å²) in [5.74, 6) is 0. The smallest absolute Gasteiger partial charge is 0.326 e. The number of fused-ring (bicyclic) bond motifs is 1. The molecule has 0 unspecified atom stereocenters. The van der Waals surface area contributed by atoms with Crippen LogP contribution in [0.3, 0.4) is 0 Å². The van der Waals surface area contributed by atoms with E-state index in [1.165, 1.54) is 10.9 Å². The van der Waals surface area contributed by atoms with Gasteiger partial charge < -0.3 is 5.32 Å². The largest absolute Gasteiger partial charge is 0.337 e. The maximum atomic E-state index is 12.0. The van der Waals surface area contributed by atoms with Crippen LogP contribution in [-0.2, 0) is 6.42 Å². The van der Waals surface area contributed by atoms with Crippen molar-refractivity contribution in [1.82, 2.24) is 9.88 Å². The Hall–Kier alpha value is -1.77. The van der Waals surface area contributed by atoms with Crippen molar-refractivity contribution in [2.24, 2.45) is 0 Å². The fraction of sp³-hybridized carbons (Fsp3) is 0.357. The highest BCUT2D eigenvalue weighted by molar-refractivity contribution is 5.93. The highest BCUT2D eigenvalue weighted by atomic mass is 16.2. The molecule has 3 nitrogen and oxygen atoms in total. The van der Waals surface area contributed by atoms with Gasteiger partial charge in [-0.25, -0.2) is 4.79 Å². The van der Waals surface area contributed by atoms with Gasteiger partial charge >= 0.3 is 6.03 Å². The lowest BCUT2D eigenvalue weighted by atomic mass is 10.1. The highest BCUT2D eigenvalue weighted by Gasteiger charge is 2.11. The van der Waals surface area contributed by atoms with Gasteiger partial charge in [-0.3, -0.25) is 4.57 Å². The molecule has 17 heavy (non-hydrogen) atoms. The SMILES string of the molecule is CCCNC(=O)n1cc(CC)c2ccccc21. The zero-order valence-corrected chi connectivity index (χ0v) is 10.4. The molecular weight excluding hydrogens is 212 g/mol. The Balaban J connectivity index is 2.43. The van der Waals surface area contributed by atoms with Crippen LogP contribution in [0.1, 0.15) is 25.8 Å². The van der Waals surface area contributed by atoms with Gasteiger partial charge in [0.15, 0.2) is 0 Å². The van der Waals surface area contributed by atoms with E-state index < -0.39 is 0 Å². The summed E-state index contributed by atoms with van der Waals surface area (Å²) in [6.07, 6.45) is 3.83. The summed E-state index contributed by atoms with van der Waals surface area (Å²) in [7, 11) is 0. The third-order valence-corrected chi connectivity index (χ3v) is 2.92. The highest BCUT2D eigenvalue weighted by Crippen LogP contribution is 2.21. The Bertz CT molecular complexity index is 528. The van der Waals surface area contributed by atoms with Crippen LogP contribution in [0.25, 0.3) is 10.9 Å². The Morgan fingerprint density at radius 1 is 1.29 bits per heavy atom. The number of aromatic nitrogens is 1. The Morgan fingerprint density at radius 2 is 2.06 bits per heavy atom. The molecule has 0 aliphatic carbocycles.